The van der Waals surface area contributed by atoms with Crippen LogP contribution in [0.3, 0.4) is 0 Å². The Bertz CT molecular complexity index is 494. The lowest BCUT2D eigenvalue weighted by atomic mass is 10.1. The molecule has 2 rings (SSSR count). The lowest BCUT2D eigenvalue weighted by Gasteiger charge is -2.35. The highest BCUT2D eigenvalue weighted by atomic mass is 16.5. The number of hydrogen-bond donors (Lipinski definition) is 1. The SMILES string of the molecule is CC(C)c1ncc(N)c(C(=O)N2C[C@@H](C)O[C@@H](C)C2)n1. The third kappa shape index (κ3) is 3.07. The first-order chi connectivity index (χ1) is 9.38. The van der Waals surface area contributed by atoms with Gasteiger partial charge in [-0.05, 0) is 13.8 Å². The standard InChI is InChI=1S/C14H22N4O2/c1-8(2)13-16-5-11(15)12(17-13)14(19)18-6-9(3)20-10(4)7-18/h5,8-10H,6-7,15H2,1-4H3/t9-,10+. The quantitative estimate of drug-likeness (QED) is 0.885. The Morgan fingerprint density at radius 2 is 2.00 bits per heavy atom. The van der Waals surface area contributed by atoms with Crippen molar-refractivity contribution in [2.45, 2.75) is 45.8 Å². The highest BCUT2D eigenvalue weighted by Gasteiger charge is 2.28. The van der Waals surface area contributed by atoms with Crippen LogP contribution in [-0.4, -0.2) is 46.1 Å². The molecule has 1 fully saturated rings. The number of amides is 1. The van der Waals surface area contributed by atoms with Gasteiger partial charge in [-0.3, -0.25) is 4.79 Å². The molecule has 2 atom stereocenters. The molecule has 2 heterocycles. The number of aromatic nitrogens is 2. The molecule has 1 amide bonds. The maximum atomic E-state index is 12.6. The Morgan fingerprint density at radius 3 is 2.55 bits per heavy atom. The molecular formula is C14H22N4O2. The minimum Gasteiger partial charge on any atom is -0.396 e. The lowest BCUT2D eigenvalue weighted by Crippen LogP contribution is -2.48. The first-order valence-corrected chi connectivity index (χ1v) is 6.95. The molecule has 110 valence electrons. The van der Waals surface area contributed by atoms with Crippen LogP contribution in [0.25, 0.3) is 0 Å². The number of ether oxygens (including phenoxy) is 1. The average Bonchev–Trinajstić information content (AvgIpc) is 2.37. The zero-order chi connectivity index (χ0) is 14.9. The van der Waals surface area contributed by atoms with Crippen LogP contribution in [0.4, 0.5) is 5.69 Å². The first kappa shape index (κ1) is 14.7. The summed E-state index contributed by atoms with van der Waals surface area (Å²) in [5.74, 6) is 0.649. The summed E-state index contributed by atoms with van der Waals surface area (Å²) >= 11 is 0. The number of carbonyl (C=O) groups is 1. The van der Waals surface area contributed by atoms with Crippen molar-refractivity contribution in [3.63, 3.8) is 0 Å². The number of hydrogen-bond acceptors (Lipinski definition) is 5. The van der Waals surface area contributed by atoms with Crippen LogP contribution in [0.15, 0.2) is 6.20 Å². The van der Waals surface area contributed by atoms with E-state index in [2.05, 4.69) is 9.97 Å². The Morgan fingerprint density at radius 1 is 1.40 bits per heavy atom. The zero-order valence-electron chi connectivity index (χ0n) is 12.5. The predicted octanol–water partition coefficient (Wildman–Crippen LogP) is 1.43. The molecule has 1 saturated heterocycles. The van der Waals surface area contributed by atoms with Crippen molar-refractivity contribution < 1.29 is 9.53 Å². The van der Waals surface area contributed by atoms with E-state index in [9.17, 15) is 4.79 Å². The molecule has 0 saturated carbocycles. The van der Waals surface area contributed by atoms with Crippen molar-refractivity contribution in [2.75, 3.05) is 18.8 Å². The van der Waals surface area contributed by atoms with Gasteiger partial charge >= 0.3 is 0 Å². The van der Waals surface area contributed by atoms with E-state index in [0.717, 1.165) is 0 Å². The summed E-state index contributed by atoms with van der Waals surface area (Å²) in [5.41, 5.74) is 6.48. The van der Waals surface area contributed by atoms with Crippen LogP contribution >= 0.6 is 0 Å². The minimum atomic E-state index is -0.145. The molecule has 0 aliphatic carbocycles. The molecule has 2 N–H and O–H groups in total. The second-order valence-corrected chi connectivity index (χ2v) is 5.65. The van der Waals surface area contributed by atoms with E-state index in [-0.39, 0.29) is 24.0 Å². The van der Waals surface area contributed by atoms with Gasteiger partial charge < -0.3 is 15.4 Å². The van der Waals surface area contributed by atoms with Gasteiger partial charge in [0.25, 0.3) is 5.91 Å². The molecule has 6 nitrogen and oxygen atoms in total. The number of nitrogens with two attached hydrogens (primary N) is 1. The third-order valence-corrected chi connectivity index (χ3v) is 3.26. The van der Waals surface area contributed by atoms with E-state index in [4.69, 9.17) is 10.5 Å². The molecule has 0 bridgehead atoms. The van der Waals surface area contributed by atoms with Crippen molar-refractivity contribution in [1.82, 2.24) is 14.9 Å². The summed E-state index contributed by atoms with van der Waals surface area (Å²) in [6, 6.07) is 0. The molecule has 0 aromatic carbocycles. The Balaban J connectivity index is 2.26. The molecule has 0 spiro atoms. The number of carbonyl (C=O) groups excluding carboxylic acids is 1. The Hall–Kier alpha value is -1.69. The number of rotatable bonds is 2. The average molecular weight is 278 g/mol. The van der Waals surface area contributed by atoms with Crippen LogP contribution < -0.4 is 5.73 Å². The summed E-state index contributed by atoms with van der Waals surface area (Å²) in [5, 5.41) is 0. The van der Waals surface area contributed by atoms with Gasteiger partial charge in [0, 0.05) is 19.0 Å². The minimum absolute atomic E-state index is 0.0235. The summed E-state index contributed by atoms with van der Waals surface area (Å²) in [7, 11) is 0. The fraction of sp³-hybridized carbons (Fsp3) is 0.643. The third-order valence-electron chi connectivity index (χ3n) is 3.26. The number of anilines is 1. The maximum Gasteiger partial charge on any atom is 0.274 e. The Labute approximate surface area is 119 Å². The van der Waals surface area contributed by atoms with Gasteiger partial charge in [-0.25, -0.2) is 9.97 Å². The Kier molecular flexibility index (Phi) is 4.23. The number of morpholine rings is 1. The van der Waals surface area contributed by atoms with Crippen LogP contribution in [0.2, 0.25) is 0 Å². The van der Waals surface area contributed by atoms with Crippen molar-refractivity contribution in [1.29, 1.82) is 0 Å². The fourth-order valence-electron chi connectivity index (χ4n) is 2.35. The number of nitrogen functional groups attached to an aromatic ring is 1. The topological polar surface area (TPSA) is 81.3 Å². The predicted molar refractivity (Wildman–Crippen MR) is 76.4 cm³/mol. The summed E-state index contributed by atoms with van der Waals surface area (Å²) in [6.45, 7) is 9.00. The van der Waals surface area contributed by atoms with E-state index in [1.54, 1.807) is 4.90 Å². The van der Waals surface area contributed by atoms with Crippen molar-refractivity contribution in [3.05, 3.63) is 17.7 Å². The number of nitrogens with zero attached hydrogens (tertiary/aromatic N) is 3. The molecule has 0 radical (unpaired) electrons. The summed E-state index contributed by atoms with van der Waals surface area (Å²) < 4.78 is 5.64. The van der Waals surface area contributed by atoms with Crippen LogP contribution in [0, 0.1) is 0 Å². The molecule has 0 unspecified atom stereocenters. The van der Waals surface area contributed by atoms with E-state index >= 15 is 0 Å². The monoisotopic (exact) mass is 278 g/mol. The van der Waals surface area contributed by atoms with Crippen LogP contribution in [0.1, 0.15) is 49.9 Å². The molecule has 20 heavy (non-hydrogen) atoms. The van der Waals surface area contributed by atoms with Gasteiger partial charge in [-0.15, -0.1) is 0 Å². The van der Waals surface area contributed by atoms with Gasteiger partial charge in [-0.2, -0.15) is 0 Å². The fourth-order valence-corrected chi connectivity index (χ4v) is 2.35. The van der Waals surface area contributed by atoms with Gasteiger partial charge in [0.05, 0.1) is 24.1 Å². The molecule has 1 aliphatic rings. The zero-order valence-corrected chi connectivity index (χ0v) is 12.5. The second-order valence-electron chi connectivity index (χ2n) is 5.65. The highest BCUT2D eigenvalue weighted by molar-refractivity contribution is 5.97. The van der Waals surface area contributed by atoms with Gasteiger partial charge in [-0.1, -0.05) is 13.8 Å². The molecule has 6 heteroatoms. The highest BCUT2D eigenvalue weighted by Crippen LogP contribution is 2.18. The maximum absolute atomic E-state index is 12.6. The molecular weight excluding hydrogens is 256 g/mol. The summed E-state index contributed by atoms with van der Waals surface area (Å²) in [4.78, 5) is 22.8. The van der Waals surface area contributed by atoms with Crippen molar-refractivity contribution >= 4 is 11.6 Å². The van der Waals surface area contributed by atoms with E-state index in [1.807, 2.05) is 27.7 Å². The molecule has 1 aliphatic heterocycles. The van der Waals surface area contributed by atoms with E-state index in [1.165, 1.54) is 6.20 Å². The van der Waals surface area contributed by atoms with Gasteiger partial charge in [0.1, 0.15) is 5.82 Å². The lowest BCUT2D eigenvalue weighted by molar-refractivity contribution is -0.0587. The second kappa shape index (κ2) is 5.75. The van der Waals surface area contributed by atoms with E-state index in [0.29, 0.717) is 30.3 Å². The van der Waals surface area contributed by atoms with Gasteiger partial charge in [0.2, 0.25) is 0 Å². The normalized spacial score (nSPS) is 23.1. The molecule has 1 aromatic rings. The smallest absolute Gasteiger partial charge is 0.274 e. The van der Waals surface area contributed by atoms with Crippen LogP contribution in [-0.2, 0) is 4.74 Å². The molecule has 1 aromatic heterocycles. The van der Waals surface area contributed by atoms with Crippen molar-refractivity contribution in [3.8, 4) is 0 Å². The van der Waals surface area contributed by atoms with Crippen molar-refractivity contribution in [2.24, 2.45) is 0 Å². The summed E-state index contributed by atoms with van der Waals surface area (Å²) in [6.07, 6.45) is 1.56. The van der Waals surface area contributed by atoms with Crippen LogP contribution in [0.5, 0.6) is 0 Å². The van der Waals surface area contributed by atoms with Gasteiger partial charge in [0.15, 0.2) is 5.69 Å². The first-order valence-electron chi connectivity index (χ1n) is 6.95. The largest absolute Gasteiger partial charge is 0.396 e. The van der Waals surface area contributed by atoms with E-state index < -0.39 is 0 Å².